The Morgan fingerprint density at radius 3 is 2.44 bits per heavy atom. The molecule has 8 nitrogen and oxygen atoms in total. The van der Waals surface area contributed by atoms with Crippen molar-refractivity contribution >= 4 is 22.5 Å². The SMILES string of the molecule is CCCN(CCC)CC1CCN(C(=O)c2cc(C)c(C3=CCN(C(C)c4cc5c(-n6cc(F)ccc6=O)ccnc5n4C)CC3)c(F)c2)CC1. The molecule has 4 aromatic rings. The van der Waals surface area contributed by atoms with Crippen LogP contribution in [0, 0.1) is 24.5 Å². The fraction of sp³-hybridized carbons (Fsp3) is 0.475. The van der Waals surface area contributed by atoms with Crippen molar-refractivity contribution < 1.29 is 13.6 Å². The Morgan fingerprint density at radius 1 is 1.04 bits per heavy atom. The van der Waals surface area contributed by atoms with E-state index in [0.717, 1.165) is 80.1 Å². The number of hydrogen-bond donors (Lipinski definition) is 0. The molecule has 1 atom stereocenters. The molecule has 1 amide bonds. The Kier molecular flexibility index (Phi) is 11.0. The van der Waals surface area contributed by atoms with E-state index in [1.807, 2.05) is 35.6 Å². The van der Waals surface area contributed by atoms with Crippen LogP contribution in [0.4, 0.5) is 8.78 Å². The van der Waals surface area contributed by atoms with E-state index in [2.05, 4.69) is 41.6 Å². The lowest BCUT2D eigenvalue weighted by Gasteiger charge is -2.35. The molecule has 2 aliphatic heterocycles. The second-order valence-electron chi connectivity index (χ2n) is 14.1. The Bertz CT molecular complexity index is 1910. The summed E-state index contributed by atoms with van der Waals surface area (Å²) in [5.41, 5.74) is 4.74. The van der Waals surface area contributed by atoms with Gasteiger partial charge in [0.05, 0.1) is 5.69 Å². The molecule has 1 fully saturated rings. The highest BCUT2D eigenvalue weighted by Crippen LogP contribution is 2.34. The monoisotopic (exact) mass is 684 g/mol. The van der Waals surface area contributed by atoms with Crippen LogP contribution < -0.4 is 5.56 Å². The van der Waals surface area contributed by atoms with Gasteiger partial charge in [0.25, 0.3) is 11.5 Å². The zero-order valence-electron chi connectivity index (χ0n) is 30.1. The van der Waals surface area contributed by atoms with Gasteiger partial charge in [0.15, 0.2) is 0 Å². The second-order valence-corrected chi connectivity index (χ2v) is 14.1. The lowest BCUT2D eigenvalue weighted by atomic mass is 9.92. The van der Waals surface area contributed by atoms with Crippen molar-refractivity contribution in [2.45, 2.75) is 65.8 Å². The number of fused-ring (bicyclic) bond motifs is 1. The summed E-state index contributed by atoms with van der Waals surface area (Å²) in [6.45, 7) is 14.6. The van der Waals surface area contributed by atoms with Crippen LogP contribution >= 0.6 is 0 Å². The molecule has 1 aromatic carbocycles. The van der Waals surface area contributed by atoms with Gasteiger partial charge in [-0.05, 0) is 106 Å². The molecule has 3 aromatic heterocycles. The fourth-order valence-corrected chi connectivity index (χ4v) is 8.00. The predicted octanol–water partition coefficient (Wildman–Crippen LogP) is 7.14. The van der Waals surface area contributed by atoms with Crippen LogP contribution in [0.5, 0.6) is 0 Å². The third-order valence-corrected chi connectivity index (χ3v) is 10.6. The number of rotatable bonds is 11. The van der Waals surface area contributed by atoms with Crippen LogP contribution in [0.3, 0.4) is 0 Å². The summed E-state index contributed by atoms with van der Waals surface area (Å²) in [4.78, 5) is 37.4. The van der Waals surface area contributed by atoms with Gasteiger partial charge in [-0.15, -0.1) is 0 Å². The molecule has 0 aliphatic carbocycles. The standard InChI is InChI=1S/C40H50F2N6O2/c1-6-16-45(17-7-2)25-29-11-18-47(19-12-29)40(50)31-22-27(3)38(34(42)23-31)30-13-20-46(21-14-30)28(4)36-24-33-35(10-15-43-39(33)44(36)5)48-26-32(41)8-9-37(48)49/h8-10,13,15,22-24,26,28-29H,6-7,11-12,14,16-21,25H2,1-5H3. The number of nitrogens with zero attached hydrogens (tertiary/aromatic N) is 6. The lowest BCUT2D eigenvalue weighted by molar-refractivity contribution is 0.0666. The van der Waals surface area contributed by atoms with Gasteiger partial charge in [-0.1, -0.05) is 19.9 Å². The number of benzene rings is 1. The molecule has 0 N–H and O–H groups in total. The van der Waals surface area contributed by atoms with Crippen molar-refractivity contribution in [2.24, 2.45) is 13.0 Å². The summed E-state index contributed by atoms with van der Waals surface area (Å²) in [5.74, 6) is -0.316. The van der Waals surface area contributed by atoms with Crippen LogP contribution in [0.25, 0.3) is 22.3 Å². The van der Waals surface area contributed by atoms with Gasteiger partial charge in [-0.25, -0.2) is 13.8 Å². The summed E-state index contributed by atoms with van der Waals surface area (Å²) in [5, 5.41) is 0.764. The average molecular weight is 685 g/mol. The first-order valence-corrected chi connectivity index (χ1v) is 18.2. The number of aromatic nitrogens is 3. The van der Waals surface area contributed by atoms with Crippen LogP contribution in [0.1, 0.15) is 86.1 Å². The quantitative estimate of drug-likeness (QED) is 0.168. The maximum Gasteiger partial charge on any atom is 0.255 e. The number of pyridine rings is 2. The molecule has 0 radical (unpaired) electrons. The summed E-state index contributed by atoms with van der Waals surface area (Å²) in [6, 6.07) is 9.42. The fourth-order valence-electron chi connectivity index (χ4n) is 8.00. The molecule has 6 rings (SSSR count). The van der Waals surface area contributed by atoms with Crippen molar-refractivity contribution in [2.75, 3.05) is 45.8 Å². The highest BCUT2D eigenvalue weighted by Gasteiger charge is 2.28. The first-order chi connectivity index (χ1) is 24.1. The van der Waals surface area contributed by atoms with Gasteiger partial charge < -0.3 is 14.4 Å². The largest absolute Gasteiger partial charge is 0.339 e. The Hall–Kier alpha value is -4.15. The molecule has 10 heteroatoms. The van der Waals surface area contributed by atoms with Crippen molar-refractivity contribution in [3.8, 4) is 5.69 Å². The predicted molar refractivity (Wildman–Crippen MR) is 196 cm³/mol. The van der Waals surface area contributed by atoms with Gasteiger partial charge in [0.2, 0.25) is 0 Å². The number of carbonyl (C=O) groups excluding carboxylic acids is 1. The van der Waals surface area contributed by atoms with Crippen LogP contribution in [0.15, 0.2) is 59.7 Å². The van der Waals surface area contributed by atoms with Gasteiger partial charge in [-0.3, -0.25) is 19.1 Å². The van der Waals surface area contributed by atoms with E-state index in [0.29, 0.717) is 54.4 Å². The third kappa shape index (κ3) is 7.32. The molecule has 0 bridgehead atoms. The second kappa shape index (κ2) is 15.4. The van der Waals surface area contributed by atoms with E-state index in [4.69, 9.17) is 0 Å². The molecule has 1 saturated heterocycles. The topological polar surface area (TPSA) is 66.6 Å². The van der Waals surface area contributed by atoms with E-state index < -0.39 is 5.82 Å². The maximum absolute atomic E-state index is 15.8. The third-order valence-electron chi connectivity index (χ3n) is 10.6. The van der Waals surface area contributed by atoms with Crippen LogP contribution in [0.2, 0.25) is 0 Å². The number of hydrogen-bond acceptors (Lipinski definition) is 5. The zero-order valence-corrected chi connectivity index (χ0v) is 30.1. The minimum atomic E-state index is -0.491. The van der Waals surface area contributed by atoms with Crippen molar-refractivity contribution in [3.05, 3.63) is 99.2 Å². The number of aryl methyl sites for hydroxylation is 2. The Balaban J connectivity index is 1.13. The number of piperidine rings is 1. The number of amides is 1. The van der Waals surface area contributed by atoms with Gasteiger partial charge >= 0.3 is 0 Å². The van der Waals surface area contributed by atoms with Crippen LogP contribution in [-0.4, -0.2) is 80.5 Å². The van der Waals surface area contributed by atoms with E-state index in [1.165, 1.54) is 22.9 Å². The van der Waals surface area contributed by atoms with Crippen molar-refractivity contribution in [1.29, 1.82) is 0 Å². The highest BCUT2D eigenvalue weighted by atomic mass is 19.1. The lowest BCUT2D eigenvalue weighted by Crippen LogP contribution is -2.42. The Morgan fingerprint density at radius 2 is 1.78 bits per heavy atom. The van der Waals surface area contributed by atoms with Crippen molar-refractivity contribution in [3.63, 3.8) is 0 Å². The summed E-state index contributed by atoms with van der Waals surface area (Å²) >= 11 is 0. The summed E-state index contributed by atoms with van der Waals surface area (Å²) in [7, 11) is 1.95. The minimum Gasteiger partial charge on any atom is -0.339 e. The Labute approximate surface area is 294 Å². The molecule has 5 heterocycles. The molecule has 2 aliphatic rings. The molecular weight excluding hydrogens is 634 g/mol. The summed E-state index contributed by atoms with van der Waals surface area (Å²) in [6.07, 6.45) is 9.88. The number of carbonyl (C=O) groups is 1. The number of halogens is 2. The average Bonchev–Trinajstić information content (AvgIpc) is 3.45. The van der Waals surface area contributed by atoms with E-state index in [1.54, 1.807) is 12.3 Å². The first-order valence-electron chi connectivity index (χ1n) is 18.2. The minimum absolute atomic E-state index is 0.000487. The van der Waals surface area contributed by atoms with E-state index in [-0.39, 0.29) is 23.3 Å². The van der Waals surface area contributed by atoms with Gasteiger partial charge in [0, 0.05) is 86.5 Å². The normalized spacial score (nSPS) is 16.7. The van der Waals surface area contributed by atoms with Gasteiger partial charge in [0.1, 0.15) is 17.3 Å². The van der Waals surface area contributed by atoms with Crippen molar-refractivity contribution in [1.82, 2.24) is 28.8 Å². The maximum atomic E-state index is 15.8. The highest BCUT2D eigenvalue weighted by molar-refractivity contribution is 5.95. The molecule has 1 unspecified atom stereocenters. The molecular formula is C40H50F2N6O2. The molecule has 0 spiro atoms. The smallest absolute Gasteiger partial charge is 0.255 e. The molecule has 266 valence electrons. The van der Waals surface area contributed by atoms with Crippen LogP contribution in [-0.2, 0) is 7.05 Å². The first kappa shape index (κ1) is 35.7. The molecule has 0 saturated carbocycles. The zero-order chi connectivity index (χ0) is 35.5. The van der Waals surface area contributed by atoms with Gasteiger partial charge in [-0.2, -0.15) is 0 Å². The molecule has 50 heavy (non-hydrogen) atoms. The number of likely N-dealkylation sites (tertiary alicyclic amines) is 1. The summed E-state index contributed by atoms with van der Waals surface area (Å²) < 4.78 is 33.2. The van der Waals surface area contributed by atoms with E-state index in [9.17, 15) is 14.0 Å². The van der Waals surface area contributed by atoms with E-state index >= 15 is 4.39 Å².